The molecule has 0 bridgehead atoms. The Morgan fingerprint density at radius 3 is 2.86 bits per heavy atom. The summed E-state index contributed by atoms with van der Waals surface area (Å²) in [7, 11) is 0. The largest absolute Gasteiger partial charge is 0.389 e. The van der Waals surface area contributed by atoms with E-state index in [1.165, 1.54) is 0 Å². The van der Waals surface area contributed by atoms with E-state index in [9.17, 15) is 9.90 Å². The average Bonchev–Trinajstić information content (AvgIpc) is 3.27. The quantitative estimate of drug-likeness (QED) is 0.677. The van der Waals surface area contributed by atoms with E-state index in [1.807, 2.05) is 18.4 Å². The van der Waals surface area contributed by atoms with Crippen LogP contribution < -0.4 is 5.32 Å². The topological polar surface area (TPSA) is 84.3 Å². The van der Waals surface area contributed by atoms with Crippen LogP contribution in [-0.2, 0) is 11.2 Å². The van der Waals surface area contributed by atoms with Crippen molar-refractivity contribution < 1.29 is 14.6 Å². The molecule has 0 spiro atoms. The second kappa shape index (κ2) is 8.82. The molecule has 150 valence electrons. The van der Waals surface area contributed by atoms with E-state index in [-0.39, 0.29) is 18.6 Å². The van der Waals surface area contributed by atoms with Gasteiger partial charge >= 0.3 is 0 Å². The Labute approximate surface area is 173 Å². The number of thiazole rings is 1. The third kappa shape index (κ3) is 4.70. The van der Waals surface area contributed by atoms with Crippen molar-refractivity contribution in [2.75, 3.05) is 13.2 Å². The number of aromatic nitrogens is 2. The van der Waals surface area contributed by atoms with Gasteiger partial charge in [-0.1, -0.05) is 24.3 Å². The molecule has 0 radical (unpaired) electrons. The number of nitrogens with zero attached hydrogens (tertiary/aromatic N) is 2. The van der Waals surface area contributed by atoms with Gasteiger partial charge in [-0.25, -0.2) is 4.98 Å². The third-order valence-electron chi connectivity index (χ3n) is 5.12. The Hall–Kier alpha value is -2.61. The molecule has 2 atom stereocenters. The number of hydrogen-bond donors (Lipinski definition) is 2. The van der Waals surface area contributed by atoms with Gasteiger partial charge in [0.2, 0.25) is 0 Å². The molecular weight excluding hydrogens is 386 g/mol. The number of hydrogen-bond acceptors (Lipinski definition) is 6. The molecule has 2 N–H and O–H groups in total. The summed E-state index contributed by atoms with van der Waals surface area (Å²) in [6.45, 7) is 2.77. The molecule has 6 nitrogen and oxygen atoms in total. The Morgan fingerprint density at radius 1 is 1.31 bits per heavy atom. The number of pyridine rings is 1. The number of rotatable bonds is 5. The molecule has 1 amide bonds. The molecular formula is C22H23N3O3S. The maximum atomic E-state index is 12.6. The number of benzene rings is 1. The van der Waals surface area contributed by atoms with E-state index in [4.69, 9.17) is 4.74 Å². The van der Waals surface area contributed by atoms with Crippen molar-refractivity contribution in [3.8, 4) is 10.6 Å². The van der Waals surface area contributed by atoms with E-state index in [0.29, 0.717) is 25.1 Å². The first kappa shape index (κ1) is 19.7. The molecule has 1 fully saturated rings. The molecule has 1 aliphatic heterocycles. The summed E-state index contributed by atoms with van der Waals surface area (Å²) in [5.41, 5.74) is 4.72. The highest BCUT2D eigenvalue weighted by molar-refractivity contribution is 7.13. The van der Waals surface area contributed by atoms with Gasteiger partial charge in [0.25, 0.3) is 5.91 Å². The fraction of sp³-hybridized carbons (Fsp3) is 0.318. The highest BCUT2D eigenvalue weighted by Crippen LogP contribution is 2.23. The highest BCUT2D eigenvalue weighted by Gasteiger charge is 2.26. The van der Waals surface area contributed by atoms with Crippen molar-refractivity contribution in [1.29, 1.82) is 0 Å². The predicted molar refractivity (Wildman–Crippen MR) is 112 cm³/mol. The number of aliphatic hydroxyl groups is 1. The number of aliphatic hydroxyl groups excluding tert-OH is 1. The van der Waals surface area contributed by atoms with Crippen molar-refractivity contribution in [3.05, 3.63) is 70.5 Å². The minimum atomic E-state index is -0.686. The first-order chi connectivity index (χ1) is 14.1. The monoisotopic (exact) mass is 409 g/mol. The molecule has 3 aromatic rings. The molecule has 0 saturated carbocycles. The summed E-state index contributed by atoms with van der Waals surface area (Å²) < 4.78 is 5.21. The Kier molecular flexibility index (Phi) is 5.99. The van der Waals surface area contributed by atoms with Crippen LogP contribution in [0.15, 0.2) is 48.1 Å². The van der Waals surface area contributed by atoms with E-state index >= 15 is 0 Å². The summed E-state index contributed by atoms with van der Waals surface area (Å²) in [6, 6.07) is 9.87. The molecule has 7 heteroatoms. The standard InChI is InChI=1S/C22H23N3O3S/c1-14-12-24-19(21(27)25-18-6-8-28-13-20(18)26)11-17(14)10-15-2-4-16(5-3-15)22-23-7-9-29-22/h2-5,7,9,11-12,18,20,26H,6,8,10,13H2,1H3,(H,25,27)/t18-,20-/m0/s1. The summed E-state index contributed by atoms with van der Waals surface area (Å²) in [5, 5.41) is 15.8. The minimum absolute atomic E-state index is 0.245. The van der Waals surface area contributed by atoms with E-state index < -0.39 is 6.10 Å². The Balaban J connectivity index is 1.47. The zero-order chi connectivity index (χ0) is 20.2. The molecule has 29 heavy (non-hydrogen) atoms. The van der Waals surface area contributed by atoms with Gasteiger partial charge in [-0.15, -0.1) is 11.3 Å². The maximum absolute atomic E-state index is 12.6. The van der Waals surface area contributed by atoms with Crippen LogP contribution >= 0.6 is 11.3 Å². The van der Waals surface area contributed by atoms with E-state index in [2.05, 4.69) is 39.6 Å². The molecule has 0 unspecified atom stereocenters. The van der Waals surface area contributed by atoms with Crippen molar-refractivity contribution in [2.45, 2.75) is 31.9 Å². The van der Waals surface area contributed by atoms with Crippen LogP contribution in [0.5, 0.6) is 0 Å². The summed E-state index contributed by atoms with van der Waals surface area (Å²) >= 11 is 1.62. The first-order valence-electron chi connectivity index (χ1n) is 9.61. The van der Waals surface area contributed by atoms with Crippen molar-refractivity contribution in [2.24, 2.45) is 0 Å². The van der Waals surface area contributed by atoms with Crippen molar-refractivity contribution in [1.82, 2.24) is 15.3 Å². The lowest BCUT2D eigenvalue weighted by molar-refractivity contribution is -0.0261. The molecule has 0 aliphatic carbocycles. The van der Waals surface area contributed by atoms with Gasteiger partial charge in [-0.3, -0.25) is 9.78 Å². The van der Waals surface area contributed by atoms with Gasteiger partial charge in [0.1, 0.15) is 10.7 Å². The molecule has 1 saturated heterocycles. The minimum Gasteiger partial charge on any atom is -0.389 e. The molecule has 1 aromatic carbocycles. The number of nitrogens with one attached hydrogen (secondary N) is 1. The van der Waals surface area contributed by atoms with Crippen LogP contribution in [-0.4, -0.2) is 46.3 Å². The second-order valence-corrected chi connectivity index (χ2v) is 8.11. The van der Waals surface area contributed by atoms with Gasteiger partial charge in [0, 0.05) is 29.9 Å². The lowest BCUT2D eigenvalue weighted by Gasteiger charge is -2.28. The smallest absolute Gasteiger partial charge is 0.270 e. The van der Waals surface area contributed by atoms with Crippen LogP contribution in [0, 0.1) is 6.92 Å². The lowest BCUT2D eigenvalue weighted by atomic mass is 10.00. The number of ether oxygens (including phenoxy) is 1. The van der Waals surface area contributed by atoms with Crippen LogP contribution in [0.2, 0.25) is 0 Å². The lowest BCUT2D eigenvalue weighted by Crippen LogP contribution is -2.48. The van der Waals surface area contributed by atoms with Gasteiger partial charge in [0.05, 0.1) is 18.8 Å². The van der Waals surface area contributed by atoms with Crippen LogP contribution in [0.4, 0.5) is 0 Å². The van der Waals surface area contributed by atoms with Crippen LogP contribution in [0.1, 0.15) is 33.6 Å². The Bertz CT molecular complexity index is 973. The fourth-order valence-corrected chi connectivity index (χ4v) is 4.01. The highest BCUT2D eigenvalue weighted by atomic mass is 32.1. The predicted octanol–water partition coefficient (Wildman–Crippen LogP) is 2.98. The molecule has 2 aromatic heterocycles. The second-order valence-electron chi connectivity index (χ2n) is 7.22. The van der Waals surface area contributed by atoms with Crippen LogP contribution in [0.25, 0.3) is 10.6 Å². The summed E-state index contributed by atoms with van der Waals surface area (Å²) in [4.78, 5) is 21.2. The number of carbonyl (C=O) groups is 1. The number of carbonyl (C=O) groups excluding carboxylic acids is 1. The number of aryl methyl sites for hydroxylation is 1. The fourth-order valence-electron chi connectivity index (χ4n) is 3.36. The number of amides is 1. The molecule has 1 aliphatic rings. The van der Waals surface area contributed by atoms with Gasteiger partial charge in [-0.05, 0) is 42.5 Å². The SMILES string of the molecule is Cc1cnc(C(=O)N[C@H]2CCOC[C@@H]2O)cc1Cc1ccc(-c2nccs2)cc1. The van der Waals surface area contributed by atoms with Crippen molar-refractivity contribution in [3.63, 3.8) is 0 Å². The van der Waals surface area contributed by atoms with Gasteiger partial charge < -0.3 is 15.2 Å². The summed E-state index contributed by atoms with van der Waals surface area (Å²) in [5.74, 6) is -0.267. The normalized spacial score (nSPS) is 19.1. The summed E-state index contributed by atoms with van der Waals surface area (Å²) in [6.07, 6.45) is 4.16. The zero-order valence-corrected chi connectivity index (χ0v) is 17.0. The van der Waals surface area contributed by atoms with E-state index in [0.717, 1.165) is 27.3 Å². The van der Waals surface area contributed by atoms with Crippen molar-refractivity contribution >= 4 is 17.2 Å². The Morgan fingerprint density at radius 2 is 2.14 bits per heavy atom. The molecule has 3 heterocycles. The van der Waals surface area contributed by atoms with Gasteiger partial charge in [0.15, 0.2) is 0 Å². The van der Waals surface area contributed by atoms with Gasteiger partial charge in [-0.2, -0.15) is 0 Å². The third-order valence-corrected chi connectivity index (χ3v) is 5.94. The maximum Gasteiger partial charge on any atom is 0.270 e. The van der Waals surface area contributed by atoms with Crippen LogP contribution in [0.3, 0.4) is 0 Å². The van der Waals surface area contributed by atoms with E-state index in [1.54, 1.807) is 23.7 Å². The average molecular weight is 410 g/mol. The first-order valence-corrected chi connectivity index (χ1v) is 10.5. The zero-order valence-electron chi connectivity index (χ0n) is 16.2. The molecule has 4 rings (SSSR count).